The molecule has 4 nitrogen and oxygen atoms in total. The third-order valence-electron chi connectivity index (χ3n) is 5.03. The van der Waals surface area contributed by atoms with E-state index in [1.165, 1.54) is 5.56 Å². The summed E-state index contributed by atoms with van der Waals surface area (Å²) < 4.78 is 3.16. The largest absolute Gasteiger partial charge is 0.341 e. The molecule has 0 aliphatic heterocycles. The lowest BCUT2D eigenvalue weighted by Gasteiger charge is -2.16. The lowest BCUT2D eigenvalue weighted by atomic mass is 10.1. The summed E-state index contributed by atoms with van der Waals surface area (Å²) in [6, 6.07) is 18.6. The average molecular weight is 403 g/mol. The summed E-state index contributed by atoms with van der Waals surface area (Å²) in [5, 5.41) is 13.4. The molecule has 26 heavy (non-hydrogen) atoms. The van der Waals surface area contributed by atoms with Gasteiger partial charge < -0.3 is 5.32 Å². The second-order valence-corrected chi connectivity index (χ2v) is 7.45. The number of imidazole rings is 1. The van der Waals surface area contributed by atoms with Gasteiger partial charge in [0.25, 0.3) is 0 Å². The number of pyridine rings is 1. The van der Waals surface area contributed by atoms with Crippen LogP contribution < -0.4 is 5.32 Å². The average Bonchev–Trinajstić information content (AvgIpc) is 3.28. The molecule has 1 aliphatic carbocycles. The van der Waals surface area contributed by atoms with Crippen LogP contribution in [0.1, 0.15) is 23.1 Å². The maximum atomic E-state index is 9.81. The first-order chi connectivity index (χ1) is 12.8. The smallest absolute Gasteiger partial charge is 0.157 e. The molecule has 2 aromatic heterocycles. The van der Waals surface area contributed by atoms with Gasteiger partial charge in [-0.05, 0) is 66.8 Å². The number of nitriles is 1. The molecule has 5 heteroatoms. The fraction of sp³-hybridized carbons (Fsp3) is 0.143. The molecule has 0 saturated carbocycles. The number of rotatable bonds is 2. The fourth-order valence-corrected chi connectivity index (χ4v) is 4.15. The maximum absolute atomic E-state index is 9.81. The van der Waals surface area contributed by atoms with Crippen LogP contribution in [0.5, 0.6) is 0 Å². The summed E-state index contributed by atoms with van der Waals surface area (Å²) in [5.41, 5.74) is 6.80. The Morgan fingerprint density at radius 3 is 2.62 bits per heavy atom. The molecule has 0 radical (unpaired) electrons. The van der Waals surface area contributed by atoms with Gasteiger partial charge in [-0.25, -0.2) is 4.98 Å². The summed E-state index contributed by atoms with van der Waals surface area (Å²) in [4.78, 5) is 4.77. The van der Waals surface area contributed by atoms with Gasteiger partial charge in [0.2, 0.25) is 0 Å². The number of aromatic nitrogens is 2. The first-order valence-corrected chi connectivity index (χ1v) is 9.43. The Kier molecular flexibility index (Phi) is 3.47. The minimum Gasteiger partial charge on any atom is -0.341 e. The molecule has 126 valence electrons. The topological polar surface area (TPSA) is 53.1 Å². The Morgan fingerprint density at radius 2 is 1.81 bits per heavy atom. The van der Waals surface area contributed by atoms with Crippen molar-refractivity contribution < 1.29 is 0 Å². The van der Waals surface area contributed by atoms with Gasteiger partial charge in [-0.15, -0.1) is 0 Å². The Morgan fingerprint density at radius 1 is 1.04 bits per heavy atom. The molecular weight excluding hydrogens is 388 g/mol. The van der Waals surface area contributed by atoms with Crippen LogP contribution in [-0.2, 0) is 12.8 Å². The van der Waals surface area contributed by atoms with Crippen LogP contribution in [0.2, 0.25) is 0 Å². The molecule has 1 aliphatic rings. The zero-order chi connectivity index (χ0) is 17.7. The Bertz CT molecular complexity index is 1200. The molecule has 5 rings (SSSR count). The van der Waals surface area contributed by atoms with E-state index < -0.39 is 0 Å². The number of para-hydroxylation sites is 2. The van der Waals surface area contributed by atoms with E-state index in [1.807, 2.05) is 30.3 Å². The van der Waals surface area contributed by atoms with Crippen molar-refractivity contribution in [3.63, 3.8) is 0 Å². The van der Waals surface area contributed by atoms with E-state index >= 15 is 0 Å². The summed E-state index contributed by atoms with van der Waals surface area (Å²) in [7, 11) is 0. The third-order valence-corrected chi connectivity index (χ3v) is 5.56. The minimum absolute atomic E-state index is 0.718. The maximum Gasteiger partial charge on any atom is 0.157 e. The molecule has 0 amide bonds. The van der Waals surface area contributed by atoms with Crippen molar-refractivity contribution in [3.8, 4) is 6.07 Å². The van der Waals surface area contributed by atoms with Crippen molar-refractivity contribution in [1.82, 2.24) is 9.38 Å². The Balaban J connectivity index is 1.86. The quantitative estimate of drug-likeness (QED) is 0.491. The van der Waals surface area contributed by atoms with Gasteiger partial charge in [0.05, 0.1) is 16.6 Å². The lowest BCUT2D eigenvalue weighted by Crippen LogP contribution is -2.06. The van der Waals surface area contributed by atoms with E-state index in [4.69, 9.17) is 4.98 Å². The predicted molar refractivity (Wildman–Crippen MR) is 107 cm³/mol. The van der Waals surface area contributed by atoms with Crippen molar-refractivity contribution >= 4 is 44.1 Å². The van der Waals surface area contributed by atoms with Gasteiger partial charge in [-0.3, -0.25) is 4.40 Å². The van der Waals surface area contributed by atoms with Gasteiger partial charge in [-0.1, -0.05) is 28.1 Å². The molecule has 0 spiro atoms. The van der Waals surface area contributed by atoms with Crippen LogP contribution in [0.15, 0.2) is 53.0 Å². The van der Waals surface area contributed by atoms with Gasteiger partial charge >= 0.3 is 0 Å². The normalized spacial score (nSPS) is 13.1. The molecule has 0 atom stereocenters. The van der Waals surface area contributed by atoms with E-state index in [0.29, 0.717) is 0 Å². The first-order valence-electron chi connectivity index (χ1n) is 8.64. The van der Waals surface area contributed by atoms with Gasteiger partial charge in [0, 0.05) is 10.2 Å². The van der Waals surface area contributed by atoms with Crippen LogP contribution in [0.4, 0.5) is 11.5 Å². The number of nitrogens with zero attached hydrogens (tertiary/aromatic N) is 3. The van der Waals surface area contributed by atoms with E-state index in [2.05, 4.69) is 49.9 Å². The highest BCUT2D eigenvalue weighted by Crippen LogP contribution is 2.37. The number of hydrogen-bond acceptors (Lipinski definition) is 3. The standard InChI is InChI=1S/C21H15BrN4/c22-13-8-10-14(11-9-13)24-20-16-5-3-4-15(16)17(12-23)21-25-18-6-1-2-7-19(18)26(20)21/h1-2,6-11,24H,3-5H2. The molecule has 2 heterocycles. The summed E-state index contributed by atoms with van der Waals surface area (Å²) in [6.45, 7) is 0. The van der Waals surface area contributed by atoms with Crippen molar-refractivity contribution in [1.29, 1.82) is 5.26 Å². The van der Waals surface area contributed by atoms with Gasteiger partial charge in [-0.2, -0.15) is 5.26 Å². The van der Waals surface area contributed by atoms with Gasteiger partial charge in [0.1, 0.15) is 11.9 Å². The molecule has 1 N–H and O–H groups in total. The van der Waals surface area contributed by atoms with Crippen molar-refractivity contribution in [2.45, 2.75) is 19.3 Å². The highest BCUT2D eigenvalue weighted by molar-refractivity contribution is 9.10. The lowest BCUT2D eigenvalue weighted by molar-refractivity contribution is 0.910. The van der Waals surface area contributed by atoms with E-state index in [9.17, 15) is 5.26 Å². The van der Waals surface area contributed by atoms with Crippen molar-refractivity contribution in [2.75, 3.05) is 5.32 Å². The molecular formula is C21H15BrN4. The third kappa shape index (κ3) is 2.23. The summed E-state index contributed by atoms with van der Waals surface area (Å²) >= 11 is 3.49. The minimum atomic E-state index is 0.718. The SMILES string of the molecule is N#Cc1c2c(c(Nc3ccc(Br)cc3)n3c1nc1ccccc13)CCC2. The second kappa shape index (κ2) is 5.86. The Labute approximate surface area is 159 Å². The predicted octanol–water partition coefficient (Wildman–Crippen LogP) is 5.35. The Hall–Kier alpha value is -2.84. The van der Waals surface area contributed by atoms with Crippen LogP contribution in [0.3, 0.4) is 0 Å². The monoisotopic (exact) mass is 402 g/mol. The summed E-state index contributed by atoms with van der Waals surface area (Å²) in [5.74, 6) is 1.03. The number of nitrogens with one attached hydrogen (secondary N) is 1. The van der Waals surface area contributed by atoms with Crippen LogP contribution in [-0.4, -0.2) is 9.38 Å². The molecule has 4 aromatic rings. The van der Waals surface area contributed by atoms with E-state index in [-0.39, 0.29) is 0 Å². The molecule has 0 unspecified atom stereocenters. The number of benzene rings is 2. The van der Waals surface area contributed by atoms with Crippen LogP contribution in [0, 0.1) is 11.3 Å². The van der Waals surface area contributed by atoms with Crippen molar-refractivity contribution in [2.24, 2.45) is 0 Å². The van der Waals surface area contributed by atoms with Crippen molar-refractivity contribution in [3.05, 3.63) is 69.7 Å². The molecule has 0 bridgehead atoms. The molecule has 0 saturated heterocycles. The highest BCUT2D eigenvalue weighted by Gasteiger charge is 2.25. The first kappa shape index (κ1) is 15.4. The van der Waals surface area contributed by atoms with Crippen LogP contribution in [0.25, 0.3) is 16.7 Å². The number of halogens is 1. The zero-order valence-corrected chi connectivity index (χ0v) is 15.5. The number of hydrogen-bond donors (Lipinski definition) is 1. The zero-order valence-electron chi connectivity index (χ0n) is 14.0. The van der Waals surface area contributed by atoms with Crippen LogP contribution >= 0.6 is 15.9 Å². The second-order valence-electron chi connectivity index (χ2n) is 6.54. The van der Waals surface area contributed by atoms with E-state index in [0.717, 1.165) is 63.0 Å². The van der Waals surface area contributed by atoms with Gasteiger partial charge in [0.15, 0.2) is 5.65 Å². The number of fused-ring (bicyclic) bond motifs is 4. The van der Waals surface area contributed by atoms with E-state index in [1.54, 1.807) is 0 Å². The molecule has 2 aromatic carbocycles. The summed E-state index contributed by atoms with van der Waals surface area (Å²) in [6.07, 6.45) is 2.99. The highest BCUT2D eigenvalue weighted by atomic mass is 79.9. The fourth-order valence-electron chi connectivity index (χ4n) is 3.89. The number of anilines is 2. The molecule has 0 fully saturated rings.